The van der Waals surface area contributed by atoms with Crippen molar-refractivity contribution in [2.45, 2.75) is 45.2 Å². The summed E-state index contributed by atoms with van der Waals surface area (Å²) in [5.74, 6) is 0. The molecule has 0 bridgehead atoms. The molecule has 0 heterocycles. The van der Waals surface area contributed by atoms with Crippen LogP contribution in [-0.2, 0) is 0 Å². The van der Waals surface area contributed by atoms with Gasteiger partial charge in [0.25, 0.3) is 0 Å². The van der Waals surface area contributed by atoms with Crippen LogP contribution in [0.2, 0.25) is 0 Å². The van der Waals surface area contributed by atoms with E-state index in [0.717, 1.165) is 19.3 Å². The minimum absolute atomic E-state index is 0.283. The maximum Gasteiger partial charge on any atom is 0.0431 e. The van der Waals surface area contributed by atoms with Gasteiger partial charge in [0.05, 0.1) is 0 Å². The molecule has 3 nitrogen and oxygen atoms in total. The first kappa shape index (κ1) is 11.9. The smallest absolute Gasteiger partial charge is 0.0431 e. The quantitative estimate of drug-likeness (QED) is 0.526. The molecule has 3 heteroatoms. The van der Waals surface area contributed by atoms with Gasteiger partial charge in [0.1, 0.15) is 0 Å². The molecule has 0 aromatic rings. The summed E-state index contributed by atoms with van der Waals surface area (Å²) in [7, 11) is 0. The Hall–Kier alpha value is -0.120. The van der Waals surface area contributed by atoms with Gasteiger partial charge in [-0.15, -0.1) is 0 Å². The lowest BCUT2D eigenvalue weighted by atomic mass is 10.1. The van der Waals surface area contributed by atoms with Crippen molar-refractivity contribution in [2.24, 2.45) is 5.73 Å². The van der Waals surface area contributed by atoms with E-state index in [4.69, 9.17) is 10.8 Å². The van der Waals surface area contributed by atoms with Crippen LogP contribution < -0.4 is 11.1 Å². The fourth-order valence-electron chi connectivity index (χ4n) is 1.24. The molecular formula is C9H22N2O. The highest BCUT2D eigenvalue weighted by molar-refractivity contribution is 4.70. The van der Waals surface area contributed by atoms with Gasteiger partial charge in [0.15, 0.2) is 0 Å². The Balaban J connectivity index is 3.44. The SMILES string of the molecule is CCC(CN)NC(C)CCCO. The van der Waals surface area contributed by atoms with Crippen LogP contribution in [0.1, 0.15) is 33.1 Å². The van der Waals surface area contributed by atoms with Crippen molar-refractivity contribution in [1.82, 2.24) is 5.32 Å². The summed E-state index contributed by atoms with van der Waals surface area (Å²) in [6.07, 6.45) is 2.96. The number of nitrogens with two attached hydrogens (primary N) is 1. The first-order valence-corrected chi connectivity index (χ1v) is 4.81. The molecule has 0 fully saturated rings. The molecule has 0 radical (unpaired) electrons. The lowest BCUT2D eigenvalue weighted by molar-refractivity contribution is 0.273. The van der Waals surface area contributed by atoms with Gasteiger partial charge in [-0.1, -0.05) is 6.92 Å². The molecule has 0 aromatic heterocycles. The largest absolute Gasteiger partial charge is 0.396 e. The zero-order valence-electron chi connectivity index (χ0n) is 8.21. The highest BCUT2D eigenvalue weighted by atomic mass is 16.2. The molecular weight excluding hydrogens is 152 g/mol. The molecule has 0 aliphatic rings. The van der Waals surface area contributed by atoms with Gasteiger partial charge < -0.3 is 16.2 Å². The van der Waals surface area contributed by atoms with Crippen molar-refractivity contribution in [2.75, 3.05) is 13.2 Å². The van der Waals surface area contributed by atoms with Gasteiger partial charge in [0, 0.05) is 25.2 Å². The Morgan fingerprint density at radius 1 is 1.50 bits per heavy atom. The Morgan fingerprint density at radius 3 is 2.58 bits per heavy atom. The normalized spacial score (nSPS) is 16.0. The number of nitrogens with one attached hydrogen (secondary N) is 1. The van der Waals surface area contributed by atoms with Crippen molar-refractivity contribution in [3.8, 4) is 0 Å². The third-order valence-corrected chi connectivity index (χ3v) is 2.09. The average molecular weight is 174 g/mol. The maximum absolute atomic E-state index is 8.61. The van der Waals surface area contributed by atoms with E-state index >= 15 is 0 Å². The molecule has 2 unspecified atom stereocenters. The molecule has 0 saturated carbocycles. The Bertz CT molecular complexity index is 94.5. The van der Waals surface area contributed by atoms with Crippen molar-refractivity contribution in [1.29, 1.82) is 0 Å². The predicted octanol–water partition coefficient (Wildman–Crippen LogP) is 0.474. The zero-order chi connectivity index (χ0) is 9.40. The van der Waals surface area contributed by atoms with Gasteiger partial charge in [-0.05, 0) is 26.2 Å². The fraction of sp³-hybridized carbons (Fsp3) is 1.00. The van der Waals surface area contributed by atoms with Crippen LogP contribution in [0, 0.1) is 0 Å². The van der Waals surface area contributed by atoms with Crippen molar-refractivity contribution >= 4 is 0 Å². The third kappa shape index (κ3) is 5.52. The molecule has 0 aliphatic heterocycles. The van der Waals surface area contributed by atoms with E-state index in [0.29, 0.717) is 18.6 Å². The Kier molecular flexibility index (Phi) is 7.45. The summed E-state index contributed by atoms with van der Waals surface area (Å²) in [4.78, 5) is 0. The molecule has 2 atom stereocenters. The zero-order valence-corrected chi connectivity index (χ0v) is 8.21. The highest BCUT2D eigenvalue weighted by Gasteiger charge is 2.07. The van der Waals surface area contributed by atoms with Crippen LogP contribution in [0.4, 0.5) is 0 Å². The fourth-order valence-corrected chi connectivity index (χ4v) is 1.24. The second-order valence-electron chi connectivity index (χ2n) is 3.27. The van der Waals surface area contributed by atoms with Crippen LogP contribution in [-0.4, -0.2) is 30.3 Å². The Labute approximate surface area is 75.3 Å². The van der Waals surface area contributed by atoms with E-state index in [-0.39, 0.29) is 6.61 Å². The van der Waals surface area contributed by atoms with Crippen LogP contribution in [0.5, 0.6) is 0 Å². The minimum atomic E-state index is 0.283. The van der Waals surface area contributed by atoms with Crippen molar-refractivity contribution in [3.63, 3.8) is 0 Å². The number of rotatable bonds is 7. The van der Waals surface area contributed by atoms with E-state index in [1.54, 1.807) is 0 Å². The van der Waals surface area contributed by atoms with Gasteiger partial charge in [0.2, 0.25) is 0 Å². The summed E-state index contributed by atoms with van der Waals surface area (Å²) in [6, 6.07) is 0.893. The summed E-state index contributed by atoms with van der Waals surface area (Å²) < 4.78 is 0. The molecule has 74 valence electrons. The van der Waals surface area contributed by atoms with E-state index in [9.17, 15) is 0 Å². The lowest BCUT2D eigenvalue weighted by Gasteiger charge is -2.20. The summed E-state index contributed by atoms with van der Waals surface area (Å²) in [5, 5.41) is 12.0. The van der Waals surface area contributed by atoms with Gasteiger partial charge >= 0.3 is 0 Å². The van der Waals surface area contributed by atoms with E-state index in [2.05, 4.69) is 19.2 Å². The van der Waals surface area contributed by atoms with E-state index < -0.39 is 0 Å². The average Bonchev–Trinajstić information content (AvgIpc) is 2.10. The Morgan fingerprint density at radius 2 is 2.17 bits per heavy atom. The predicted molar refractivity (Wildman–Crippen MR) is 52.1 cm³/mol. The monoisotopic (exact) mass is 174 g/mol. The van der Waals surface area contributed by atoms with Crippen LogP contribution >= 0.6 is 0 Å². The summed E-state index contributed by atoms with van der Waals surface area (Å²) in [5.41, 5.74) is 5.55. The van der Waals surface area contributed by atoms with Crippen LogP contribution in [0.3, 0.4) is 0 Å². The molecule has 0 rings (SSSR count). The van der Waals surface area contributed by atoms with Crippen molar-refractivity contribution in [3.05, 3.63) is 0 Å². The molecule has 0 amide bonds. The number of aliphatic hydroxyl groups is 1. The number of aliphatic hydroxyl groups excluding tert-OH is 1. The first-order chi connectivity index (χ1) is 5.74. The first-order valence-electron chi connectivity index (χ1n) is 4.81. The lowest BCUT2D eigenvalue weighted by Crippen LogP contribution is -2.41. The van der Waals surface area contributed by atoms with Gasteiger partial charge in [-0.25, -0.2) is 0 Å². The summed E-state index contributed by atoms with van der Waals surface area (Å²) >= 11 is 0. The third-order valence-electron chi connectivity index (χ3n) is 2.09. The standard InChI is InChI=1S/C9H22N2O/c1-3-9(7-10)11-8(2)5-4-6-12/h8-9,11-12H,3-7,10H2,1-2H3. The van der Waals surface area contributed by atoms with Crippen molar-refractivity contribution < 1.29 is 5.11 Å². The van der Waals surface area contributed by atoms with Crippen LogP contribution in [0.15, 0.2) is 0 Å². The number of hydrogen-bond donors (Lipinski definition) is 3. The van der Waals surface area contributed by atoms with E-state index in [1.807, 2.05) is 0 Å². The molecule has 0 saturated heterocycles. The second-order valence-corrected chi connectivity index (χ2v) is 3.27. The maximum atomic E-state index is 8.61. The molecule has 0 aliphatic carbocycles. The molecule has 0 aromatic carbocycles. The van der Waals surface area contributed by atoms with E-state index in [1.165, 1.54) is 0 Å². The number of hydrogen-bond acceptors (Lipinski definition) is 3. The van der Waals surface area contributed by atoms with Gasteiger partial charge in [-0.3, -0.25) is 0 Å². The minimum Gasteiger partial charge on any atom is -0.396 e. The van der Waals surface area contributed by atoms with Crippen LogP contribution in [0.25, 0.3) is 0 Å². The molecule has 12 heavy (non-hydrogen) atoms. The second kappa shape index (κ2) is 7.53. The summed E-state index contributed by atoms with van der Waals surface area (Å²) in [6.45, 7) is 5.24. The topological polar surface area (TPSA) is 58.3 Å². The highest BCUT2D eigenvalue weighted by Crippen LogP contribution is 1.98. The van der Waals surface area contributed by atoms with Gasteiger partial charge in [-0.2, -0.15) is 0 Å². The molecule has 4 N–H and O–H groups in total. The molecule has 0 spiro atoms.